The minimum absolute atomic E-state index is 0.0235. The van der Waals surface area contributed by atoms with Crippen molar-refractivity contribution in [1.29, 1.82) is 0 Å². The Morgan fingerprint density at radius 2 is 0.527 bits per heavy atom. The summed E-state index contributed by atoms with van der Waals surface area (Å²) in [4.78, 5) is 47.2. The van der Waals surface area contributed by atoms with Gasteiger partial charge in [-0.15, -0.1) is 11.8 Å². The van der Waals surface area contributed by atoms with Gasteiger partial charge in [0.25, 0.3) is 0 Å². The zero-order chi connectivity index (χ0) is 55.3. The predicted octanol–water partition coefficient (Wildman–Crippen LogP) is 16.1. The van der Waals surface area contributed by atoms with Crippen LogP contribution in [0.15, 0.2) is 0 Å². The van der Waals surface area contributed by atoms with Gasteiger partial charge in [-0.1, -0.05) is 310 Å². The van der Waals surface area contributed by atoms with Gasteiger partial charge in [-0.2, -0.15) is 11.8 Å². The van der Waals surface area contributed by atoms with E-state index >= 15 is 0 Å². The fourth-order valence-corrected chi connectivity index (χ4v) is 13.3. The van der Waals surface area contributed by atoms with Crippen LogP contribution in [0.1, 0.15) is 356 Å². The van der Waals surface area contributed by atoms with E-state index < -0.39 is 38.8 Å². The number of unbranched alkanes of at least 4 members (excludes halogenated alkanes) is 40. The first-order valence-electron chi connectivity index (χ1n) is 31.8. The van der Waals surface area contributed by atoms with E-state index in [-0.39, 0.29) is 6.42 Å². The van der Waals surface area contributed by atoms with E-state index in [1.54, 1.807) is 13.8 Å². The van der Waals surface area contributed by atoms with Crippen LogP contribution in [-0.2, 0) is 19.2 Å². The minimum atomic E-state index is -1.20. The Kier molecular flexibility index (Phi) is 54.0. The summed E-state index contributed by atoms with van der Waals surface area (Å²) in [7, 11) is 0. The van der Waals surface area contributed by atoms with Crippen LogP contribution < -0.4 is 20.4 Å². The van der Waals surface area contributed by atoms with Crippen LogP contribution >= 0.6 is 23.5 Å². The number of rotatable bonds is 58. The lowest BCUT2D eigenvalue weighted by molar-refractivity contribution is -0.319. The Balaban J connectivity index is 0. The lowest BCUT2D eigenvalue weighted by atomic mass is 9.79. The number of carboxylic acid groups (broad SMARTS) is 4. The van der Waals surface area contributed by atoms with Gasteiger partial charge < -0.3 is 39.6 Å². The molecule has 8 nitrogen and oxygen atoms in total. The predicted molar refractivity (Wildman–Crippen MR) is 313 cm³/mol. The molecule has 0 bridgehead atoms. The molecule has 0 aliphatic carbocycles. The summed E-state index contributed by atoms with van der Waals surface area (Å²) in [5.41, 5.74) is -0.823. The highest BCUT2D eigenvalue weighted by Crippen LogP contribution is 2.43. The maximum Gasteiger partial charge on any atom is 0.0573 e. The molecule has 0 aromatic heterocycles. The second kappa shape index (κ2) is 53.6. The Bertz CT molecular complexity index is 1210. The number of hydrogen-bond acceptors (Lipinski definition) is 10. The zero-order valence-electron chi connectivity index (χ0n) is 49.6. The maximum absolute atomic E-state index is 12.3. The first-order chi connectivity index (χ1) is 35.7. The van der Waals surface area contributed by atoms with Crippen LogP contribution in [0.5, 0.6) is 0 Å². The van der Waals surface area contributed by atoms with E-state index in [0.717, 1.165) is 76.0 Å². The molecule has 74 heavy (non-hydrogen) atoms. The number of carbonyl (C=O) groups excluding carboxylic acids is 4. The van der Waals surface area contributed by atoms with E-state index in [9.17, 15) is 39.6 Å². The summed E-state index contributed by atoms with van der Waals surface area (Å²) in [6.07, 6.45) is 56.1. The molecule has 0 heterocycles. The second-order valence-electron chi connectivity index (χ2n) is 23.0. The summed E-state index contributed by atoms with van der Waals surface area (Å²) >= 11 is 2.49. The van der Waals surface area contributed by atoms with Crippen LogP contribution in [0.25, 0.3) is 0 Å². The van der Waals surface area contributed by atoms with Crippen molar-refractivity contribution >= 4 is 47.4 Å². The third-order valence-corrected chi connectivity index (χ3v) is 18.5. The van der Waals surface area contributed by atoms with Gasteiger partial charge in [-0.05, 0) is 51.7 Å². The molecule has 0 N–H and O–H groups in total. The summed E-state index contributed by atoms with van der Waals surface area (Å²) in [6, 6.07) is 0. The molecule has 0 radical (unpaired) electrons. The van der Waals surface area contributed by atoms with Gasteiger partial charge in [0.2, 0.25) is 0 Å². The fraction of sp³-hybridized carbons (Fsp3) is 0.938. The van der Waals surface area contributed by atoms with Gasteiger partial charge in [0.05, 0.1) is 21.4 Å². The smallest absolute Gasteiger partial charge is 0.0573 e. The molecule has 0 spiro atoms. The summed E-state index contributed by atoms with van der Waals surface area (Å²) in [5.74, 6) is -3.45. The molecule has 2 atom stereocenters. The number of hydrogen-bond donors (Lipinski definition) is 0. The van der Waals surface area contributed by atoms with Crippen LogP contribution in [0.2, 0.25) is 0 Å². The Hall–Kier alpha value is -1.42. The molecule has 0 aliphatic heterocycles. The van der Waals surface area contributed by atoms with Crippen molar-refractivity contribution in [2.45, 2.75) is 366 Å². The first-order valence-corrected chi connectivity index (χ1v) is 33.8. The molecular weight excluding hydrogens is 961 g/mol. The average Bonchev–Trinajstić information content (AvgIpc) is 3.36. The Morgan fingerprint density at radius 3 is 0.730 bits per heavy atom. The average molecular weight is 1080 g/mol. The quantitative estimate of drug-likeness (QED) is 0.0536. The van der Waals surface area contributed by atoms with Crippen molar-refractivity contribution in [2.75, 3.05) is 11.5 Å². The van der Waals surface area contributed by atoms with Crippen LogP contribution in [0, 0.1) is 5.41 Å². The van der Waals surface area contributed by atoms with Crippen molar-refractivity contribution in [3.8, 4) is 0 Å². The normalized spacial score (nSPS) is 13.3. The minimum Gasteiger partial charge on any atom is -0.550 e. The number of aliphatic carboxylic acids is 4. The standard InChI is InChI=1S/C34H66O4S.C30H58O4S/c1-5-7-9-11-13-15-17-19-21-23-25-27-29-33(3,31(35)36)39-34(4,32(37)38)30-28-26-24-22-20-18-16-14-12-10-8-6-2;1-3-5-7-9-11-13-15-17-19-21-24-30(29(33)34,27-35-26-23-28(31)32)25-22-20-18-16-14-12-10-8-6-4-2/h5-30H2,1-4H3,(H,35,36)(H,37,38);3-27H2,1-2H3,(H,31,32)(H,33,34)/p-4. The monoisotopic (exact) mass is 1080 g/mol. The summed E-state index contributed by atoms with van der Waals surface area (Å²) in [5, 5.41) is 47.2. The van der Waals surface area contributed by atoms with E-state index in [1.807, 2.05) is 0 Å². The Morgan fingerprint density at radius 1 is 0.311 bits per heavy atom. The molecule has 0 rings (SSSR count). The second-order valence-corrected chi connectivity index (χ2v) is 26.1. The van der Waals surface area contributed by atoms with Crippen molar-refractivity contribution in [3.05, 3.63) is 0 Å². The topological polar surface area (TPSA) is 161 Å². The highest BCUT2D eigenvalue weighted by atomic mass is 32.2. The van der Waals surface area contributed by atoms with Gasteiger partial charge in [0.1, 0.15) is 0 Å². The van der Waals surface area contributed by atoms with Crippen LogP contribution in [0.4, 0.5) is 0 Å². The molecule has 0 saturated carbocycles. The molecule has 440 valence electrons. The number of carboxylic acids is 4. The van der Waals surface area contributed by atoms with E-state index in [1.165, 1.54) is 230 Å². The molecule has 0 aromatic rings. The third-order valence-electron chi connectivity index (χ3n) is 15.6. The lowest BCUT2D eigenvalue weighted by Gasteiger charge is -2.40. The van der Waals surface area contributed by atoms with Crippen LogP contribution in [-0.4, -0.2) is 44.9 Å². The molecule has 0 fully saturated rings. The molecular formula is C64H120O8S2-4. The SMILES string of the molecule is CCCCCCCCCCCCC(CCCCCCCCCCCC)(CSCCC(=O)[O-])C(=O)[O-].CCCCCCCCCCCCCCC(C)(SC(C)(CCCCCCCCCCCCCC)C(=O)[O-])C(=O)[O-]. The van der Waals surface area contributed by atoms with Crippen molar-refractivity contribution in [1.82, 2.24) is 0 Å². The van der Waals surface area contributed by atoms with Gasteiger partial charge in [0.15, 0.2) is 0 Å². The van der Waals surface area contributed by atoms with E-state index in [2.05, 4.69) is 27.7 Å². The fourth-order valence-electron chi connectivity index (χ4n) is 10.4. The Labute approximate surface area is 467 Å². The molecule has 0 saturated heterocycles. The molecule has 0 amide bonds. The molecule has 10 heteroatoms. The summed E-state index contributed by atoms with van der Waals surface area (Å²) in [6.45, 7) is 12.3. The van der Waals surface area contributed by atoms with Crippen molar-refractivity contribution < 1.29 is 39.6 Å². The van der Waals surface area contributed by atoms with Crippen molar-refractivity contribution in [3.63, 3.8) is 0 Å². The zero-order valence-corrected chi connectivity index (χ0v) is 51.3. The highest BCUT2D eigenvalue weighted by molar-refractivity contribution is 8.03. The van der Waals surface area contributed by atoms with E-state index in [0.29, 0.717) is 37.2 Å². The third kappa shape index (κ3) is 45.6. The van der Waals surface area contributed by atoms with Crippen molar-refractivity contribution in [2.24, 2.45) is 5.41 Å². The summed E-state index contributed by atoms with van der Waals surface area (Å²) < 4.78 is -2.41. The molecule has 0 aromatic carbocycles. The first kappa shape index (κ1) is 74.7. The maximum atomic E-state index is 12.3. The lowest BCUT2D eigenvalue weighted by Crippen LogP contribution is -2.51. The number of thioether (sulfide) groups is 2. The van der Waals surface area contributed by atoms with Crippen LogP contribution in [0.3, 0.4) is 0 Å². The van der Waals surface area contributed by atoms with Gasteiger partial charge in [-0.3, -0.25) is 0 Å². The molecule has 0 aliphatic rings. The van der Waals surface area contributed by atoms with E-state index in [4.69, 9.17) is 0 Å². The van der Waals surface area contributed by atoms with Gasteiger partial charge in [-0.25, -0.2) is 0 Å². The van der Waals surface area contributed by atoms with Gasteiger partial charge in [0, 0.05) is 23.1 Å². The highest BCUT2D eigenvalue weighted by Gasteiger charge is 2.38. The largest absolute Gasteiger partial charge is 0.550 e. The number of carbonyl (C=O) groups is 4. The van der Waals surface area contributed by atoms with Gasteiger partial charge >= 0.3 is 0 Å². The molecule has 2 unspecified atom stereocenters.